The summed E-state index contributed by atoms with van der Waals surface area (Å²) in [5.74, 6) is 6.10. The molecule has 96 valence electrons. The number of thioether (sulfide) groups is 1. The third kappa shape index (κ3) is 3.31. The zero-order chi connectivity index (χ0) is 13.0. The fourth-order valence-electron chi connectivity index (χ4n) is 1.22. The molecule has 0 amide bonds. The van der Waals surface area contributed by atoms with Gasteiger partial charge < -0.3 is 10.3 Å². The lowest BCUT2D eigenvalue weighted by atomic mass is 10.3. The van der Waals surface area contributed by atoms with E-state index in [1.807, 2.05) is 31.1 Å². The standard InChI is InChI=1S/C10H14N6S2/c1-16(2)9-14-15-10(18-9)17-6-8-5-7(13-11)3-4-12-8/h3-5H,6,11H2,1-2H3,(H,12,13). The van der Waals surface area contributed by atoms with Crippen molar-refractivity contribution >= 4 is 33.9 Å². The number of nitrogens with one attached hydrogen (secondary N) is 1. The van der Waals surface area contributed by atoms with Crippen molar-refractivity contribution in [3.05, 3.63) is 24.0 Å². The quantitative estimate of drug-likeness (QED) is 0.489. The molecule has 0 unspecified atom stereocenters. The number of aromatic nitrogens is 3. The molecule has 0 fully saturated rings. The van der Waals surface area contributed by atoms with Crippen molar-refractivity contribution in [3.8, 4) is 0 Å². The van der Waals surface area contributed by atoms with Crippen molar-refractivity contribution in [2.45, 2.75) is 10.1 Å². The average molecular weight is 282 g/mol. The highest BCUT2D eigenvalue weighted by molar-refractivity contribution is 8.00. The highest BCUT2D eigenvalue weighted by Crippen LogP contribution is 2.29. The summed E-state index contributed by atoms with van der Waals surface area (Å²) in [6.45, 7) is 0. The third-order valence-electron chi connectivity index (χ3n) is 2.11. The molecule has 0 aliphatic rings. The Morgan fingerprint density at radius 3 is 2.94 bits per heavy atom. The number of nitrogen functional groups attached to an aromatic ring is 1. The SMILES string of the molecule is CN(C)c1nnc(SCc2cc(NN)ccn2)s1. The van der Waals surface area contributed by atoms with E-state index in [0.29, 0.717) is 0 Å². The Morgan fingerprint density at radius 1 is 1.44 bits per heavy atom. The van der Waals surface area contributed by atoms with E-state index in [0.717, 1.165) is 26.6 Å². The van der Waals surface area contributed by atoms with Crippen molar-refractivity contribution in [1.29, 1.82) is 0 Å². The summed E-state index contributed by atoms with van der Waals surface area (Å²) < 4.78 is 0.937. The number of hydrazine groups is 1. The van der Waals surface area contributed by atoms with Gasteiger partial charge in [0, 0.05) is 26.0 Å². The summed E-state index contributed by atoms with van der Waals surface area (Å²) in [5.41, 5.74) is 4.41. The summed E-state index contributed by atoms with van der Waals surface area (Å²) in [6, 6.07) is 3.74. The van der Waals surface area contributed by atoms with Crippen LogP contribution < -0.4 is 16.2 Å². The van der Waals surface area contributed by atoms with Gasteiger partial charge in [0.15, 0.2) is 4.34 Å². The molecule has 0 aliphatic heterocycles. The first-order chi connectivity index (χ1) is 8.69. The van der Waals surface area contributed by atoms with Crippen molar-refractivity contribution in [3.63, 3.8) is 0 Å². The van der Waals surface area contributed by atoms with E-state index in [4.69, 9.17) is 5.84 Å². The lowest BCUT2D eigenvalue weighted by molar-refractivity contribution is 0.972. The van der Waals surface area contributed by atoms with Gasteiger partial charge in [0.25, 0.3) is 0 Å². The van der Waals surface area contributed by atoms with Gasteiger partial charge in [0.1, 0.15) is 0 Å². The summed E-state index contributed by atoms with van der Waals surface area (Å²) in [4.78, 5) is 6.22. The van der Waals surface area contributed by atoms with Crippen molar-refractivity contribution in [2.24, 2.45) is 5.84 Å². The molecule has 18 heavy (non-hydrogen) atoms. The second-order valence-corrected chi connectivity index (χ2v) is 5.89. The number of pyridine rings is 1. The van der Waals surface area contributed by atoms with Crippen LogP contribution in [-0.2, 0) is 5.75 Å². The average Bonchev–Trinajstić information content (AvgIpc) is 2.85. The number of nitrogens with zero attached hydrogens (tertiary/aromatic N) is 4. The molecule has 0 radical (unpaired) electrons. The summed E-state index contributed by atoms with van der Waals surface area (Å²) >= 11 is 3.19. The van der Waals surface area contributed by atoms with Crippen LogP contribution in [0, 0.1) is 0 Å². The van der Waals surface area contributed by atoms with Crippen LogP contribution >= 0.6 is 23.1 Å². The molecule has 2 aromatic rings. The van der Waals surface area contributed by atoms with Crippen LogP contribution in [0.4, 0.5) is 10.8 Å². The minimum atomic E-state index is 0.748. The Balaban J connectivity index is 1.97. The molecule has 6 nitrogen and oxygen atoms in total. The van der Waals surface area contributed by atoms with Gasteiger partial charge in [0.05, 0.1) is 11.4 Å². The van der Waals surface area contributed by atoms with Crippen LogP contribution in [0.2, 0.25) is 0 Å². The molecular formula is C10H14N6S2. The summed E-state index contributed by atoms with van der Waals surface area (Å²) in [7, 11) is 3.90. The van der Waals surface area contributed by atoms with Crippen molar-refractivity contribution < 1.29 is 0 Å². The maximum atomic E-state index is 5.35. The largest absolute Gasteiger partial charge is 0.353 e. The van der Waals surface area contributed by atoms with E-state index in [9.17, 15) is 0 Å². The Bertz CT molecular complexity index is 513. The molecule has 0 bridgehead atoms. The molecule has 2 rings (SSSR count). The topological polar surface area (TPSA) is 80.0 Å². The number of hydrogen-bond donors (Lipinski definition) is 2. The normalized spacial score (nSPS) is 10.4. The Kier molecular flexibility index (Phi) is 4.34. The molecule has 8 heteroatoms. The molecule has 2 heterocycles. The van der Waals surface area contributed by atoms with E-state index < -0.39 is 0 Å². The highest BCUT2D eigenvalue weighted by Gasteiger charge is 2.07. The second-order valence-electron chi connectivity index (χ2n) is 3.71. The lowest BCUT2D eigenvalue weighted by Crippen LogP contribution is -2.07. The maximum absolute atomic E-state index is 5.35. The maximum Gasteiger partial charge on any atom is 0.208 e. The smallest absolute Gasteiger partial charge is 0.208 e. The van der Waals surface area contributed by atoms with Crippen LogP contribution in [0.3, 0.4) is 0 Å². The van der Waals surface area contributed by atoms with Crippen molar-refractivity contribution in [2.75, 3.05) is 24.4 Å². The Labute approximate surface area is 114 Å². The fourth-order valence-corrected chi connectivity index (χ4v) is 2.89. The number of nitrogens with two attached hydrogens (primary N) is 1. The van der Waals surface area contributed by atoms with Crippen LogP contribution in [0.15, 0.2) is 22.7 Å². The molecule has 0 spiro atoms. The van der Waals surface area contributed by atoms with E-state index in [1.54, 1.807) is 29.3 Å². The first-order valence-electron chi connectivity index (χ1n) is 5.24. The van der Waals surface area contributed by atoms with Gasteiger partial charge in [-0.1, -0.05) is 23.1 Å². The third-order valence-corrected chi connectivity index (χ3v) is 4.36. The van der Waals surface area contributed by atoms with Gasteiger partial charge in [-0.15, -0.1) is 10.2 Å². The fraction of sp³-hybridized carbons (Fsp3) is 0.300. The first kappa shape index (κ1) is 13.1. The first-order valence-corrected chi connectivity index (χ1v) is 7.04. The molecule has 0 saturated heterocycles. The van der Waals surface area contributed by atoms with Gasteiger partial charge in [-0.3, -0.25) is 10.8 Å². The minimum Gasteiger partial charge on any atom is -0.353 e. The van der Waals surface area contributed by atoms with Gasteiger partial charge in [-0.05, 0) is 12.1 Å². The van der Waals surface area contributed by atoms with E-state index >= 15 is 0 Å². The minimum absolute atomic E-state index is 0.748. The summed E-state index contributed by atoms with van der Waals surface area (Å²) in [6.07, 6.45) is 1.73. The predicted octanol–water partition coefficient (Wildman–Crippen LogP) is 1.58. The van der Waals surface area contributed by atoms with E-state index in [-0.39, 0.29) is 0 Å². The molecule has 0 atom stereocenters. The summed E-state index contributed by atoms with van der Waals surface area (Å²) in [5, 5.41) is 9.10. The molecule has 0 aliphatic carbocycles. The Hall–Kier alpha value is -1.38. The zero-order valence-electron chi connectivity index (χ0n) is 10.1. The highest BCUT2D eigenvalue weighted by atomic mass is 32.2. The van der Waals surface area contributed by atoms with Crippen LogP contribution in [0.5, 0.6) is 0 Å². The van der Waals surface area contributed by atoms with Gasteiger partial charge in [-0.25, -0.2) is 0 Å². The van der Waals surface area contributed by atoms with Crippen molar-refractivity contribution in [1.82, 2.24) is 15.2 Å². The van der Waals surface area contributed by atoms with Crippen LogP contribution in [0.25, 0.3) is 0 Å². The number of anilines is 2. The van der Waals surface area contributed by atoms with Gasteiger partial charge >= 0.3 is 0 Å². The molecule has 3 N–H and O–H groups in total. The molecule has 0 aromatic carbocycles. The van der Waals surface area contributed by atoms with Gasteiger partial charge in [0.2, 0.25) is 5.13 Å². The molecule has 2 aromatic heterocycles. The van der Waals surface area contributed by atoms with E-state index in [2.05, 4.69) is 20.6 Å². The lowest BCUT2D eigenvalue weighted by Gasteiger charge is -2.04. The number of rotatable bonds is 5. The van der Waals surface area contributed by atoms with E-state index in [1.165, 1.54) is 0 Å². The van der Waals surface area contributed by atoms with Crippen LogP contribution in [0.1, 0.15) is 5.69 Å². The molecule has 0 saturated carbocycles. The Morgan fingerprint density at radius 2 is 2.28 bits per heavy atom. The monoisotopic (exact) mass is 282 g/mol. The van der Waals surface area contributed by atoms with Gasteiger partial charge in [-0.2, -0.15) is 0 Å². The second kappa shape index (κ2) is 5.98. The number of hydrogen-bond acceptors (Lipinski definition) is 8. The van der Waals surface area contributed by atoms with Crippen LogP contribution in [-0.4, -0.2) is 29.3 Å². The molecular weight excluding hydrogens is 268 g/mol. The zero-order valence-corrected chi connectivity index (χ0v) is 11.8. The predicted molar refractivity (Wildman–Crippen MR) is 75.8 cm³/mol.